The molecule has 11 heteroatoms. The Morgan fingerprint density at radius 1 is 0.935 bits per heavy atom. The topological polar surface area (TPSA) is 55.3 Å². The van der Waals surface area contributed by atoms with Crippen LogP contribution in [0.2, 0.25) is 0 Å². The molecule has 2 heterocycles. The van der Waals surface area contributed by atoms with E-state index >= 15 is 0 Å². The van der Waals surface area contributed by atoms with Gasteiger partial charge in [0.2, 0.25) is 5.88 Å². The van der Waals surface area contributed by atoms with Gasteiger partial charge in [-0.3, -0.25) is 9.78 Å². The molecule has 3 rings (SSSR count). The van der Waals surface area contributed by atoms with Gasteiger partial charge in [-0.15, -0.1) is 0 Å². The largest absolute Gasteiger partial charge is 0.439 e. The Hall–Kier alpha value is -3.63. The van der Waals surface area contributed by atoms with Gasteiger partial charge in [-0.2, -0.15) is 26.3 Å². The number of amides is 1. The summed E-state index contributed by atoms with van der Waals surface area (Å²) in [5, 5.41) is 0. The van der Waals surface area contributed by atoms with Crippen LogP contribution < -0.4 is 9.64 Å². The van der Waals surface area contributed by atoms with E-state index in [9.17, 15) is 31.1 Å². The van der Waals surface area contributed by atoms with Crippen molar-refractivity contribution in [1.29, 1.82) is 0 Å². The fraction of sp³-hybridized carbons (Fsp3) is 0.150. The monoisotopic (exact) mass is 441 g/mol. The predicted octanol–water partition coefficient (Wildman–Crippen LogP) is 5.58. The molecule has 0 unspecified atom stereocenters. The third-order valence-corrected chi connectivity index (χ3v) is 4.10. The van der Waals surface area contributed by atoms with E-state index in [1.165, 1.54) is 30.4 Å². The number of rotatable bonds is 4. The first kappa shape index (κ1) is 22.1. The lowest BCUT2D eigenvalue weighted by Crippen LogP contribution is -2.26. The number of halogens is 6. The number of carbonyl (C=O) groups excluding carboxylic acids is 1. The van der Waals surface area contributed by atoms with Crippen LogP contribution in [0.15, 0.2) is 61.1 Å². The summed E-state index contributed by atoms with van der Waals surface area (Å²) in [6.45, 7) is 0. The maximum atomic E-state index is 12.9. The zero-order chi connectivity index (χ0) is 22.8. The highest BCUT2D eigenvalue weighted by Gasteiger charge is 2.37. The summed E-state index contributed by atoms with van der Waals surface area (Å²) >= 11 is 0. The summed E-state index contributed by atoms with van der Waals surface area (Å²) < 4.78 is 82.8. The van der Waals surface area contributed by atoms with E-state index in [1.807, 2.05) is 0 Å². The molecule has 0 aliphatic heterocycles. The second-order valence-corrected chi connectivity index (χ2v) is 6.30. The van der Waals surface area contributed by atoms with Crippen LogP contribution in [0.3, 0.4) is 0 Å². The van der Waals surface area contributed by atoms with E-state index in [4.69, 9.17) is 4.74 Å². The third-order valence-electron chi connectivity index (χ3n) is 4.10. The van der Waals surface area contributed by atoms with E-state index in [1.54, 1.807) is 12.1 Å². The van der Waals surface area contributed by atoms with Crippen LogP contribution in [0, 0.1) is 0 Å². The van der Waals surface area contributed by atoms with Crippen molar-refractivity contribution in [2.24, 2.45) is 0 Å². The maximum Gasteiger partial charge on any atom is 0.416 e. The number of alkyl halides is 6. The highest BCUT2D eigenvalue weighted by atomic mass is 19.4. The van der Waals surface area contributed by atoms with Crippen molar-refractivity contribution >= 4 is 11.6 Å². The Labute approximate surface area is 171 Å². The molecule has 0 saturated carbocycles. The molecule has 0 bridgehead atoms. The number of nitrogens with zero attached hydrogens (tertiary/aromatic N) is 3. The van der Waals surface area contributed by atoms with Gasteiger partial charge in [0.1, 0.15) is 5.75 Å². The quantitative estimate of drug-likeness (QED) is 0.496. The molecule has 162 valence electrons. The molecule has 0 saturated heterocycles. The van der Waals surface area contributed by atoms with E-state index in [-0.39, 0.29) is 17.5 Å². The van der Waals surface area contributed by atoms with E-state index in [2.05, 4.69) is 9.97 Å². The van der Waals surface area contributed by atoms with Crippen molar-refractivity contribution in [3.8, 4) is 11.6 Å². The van der Waals surface area contributed by atoms with Gasteiger partial charge in [0.15, 0.2) is 0 Å². The van der Waals surface area contributed by atoms with Crippen LogP contribution in [0.1, 0.15) is 21.5 Å². The number of hydrogen-bond acceptors (Lipinski definition) is 4. The Kier molecular flexibility index (Phi) is 5.87. The molecule has 0 aliphatic rings. The molecule has 3 aromatic rings. The van der Waals surface area contributed by atoms with Gasteiger partial charge in [0.05, 0.1) is 28.6 Å². The van der Waals surface area contributed by atoms with Gasteiger partial charge in [-0.05, 0) is 36.4 Å². The molecule has 0 fully saturated rings. The summed E-state index contributed by atoms with van der Waals surface area (Å²) in [6.07, 6.45) is -5.90. The second-order valence-electron chi connectivity index (χ2n) is 6.30. The van der Waals surface area contributed by atoms with Crippen LogP contribution >= 0.6 is 0 Å². The van der Waals surface area contributed by atoms with Gasteiger partial charge in [-0.1, -0.05) is 0 Å². The first-order valence-corrected chi connectivity index (χ1v) is 8.56. The maximum absolute atomic E-state index is 12.9. The minimum absolute atomic E-state index is 0.00364. The van der Waals surface area contributed by atoms with E-state index in [0.717, 1.165) is 12.3 Å². The molecule has 0 aliphatic carbocycles. The highest BCUT2D eigenvalue weighted by molar-refractivity contribution is 6.05. The third kappa shape index (κ3) is 5.30. The fourth-order valence-corrected chi connectivity index (χ4v) is 2.54. The van der Waals surface area contributed by atoms with Crippen LogP contribution in [-0.4, -0.2) is 22.9 Å². The van der Waals surface area contributed by atoms with Crippen molar-refractivity contribution in [1.82, 2.24) is 9.97 Å². The van der Waals surface area contributed by atoms with Crippen LogP contribution in [0.5, 0.6) is 11.6 Å². The molecule has 1 amide bonds. The van der Waals surface area contributed by atoms with Gasteiger partial charge in [-0.25, -0.2) is 4.98 Å². The Morgan fingerprint density at radius 3 is 2.06 bits per heavy atom. The Balaban J connectivity index is 1.83. The number of aromatic nitrogens is 2. The van der Waals surface area contributed by atoms with Crippen molar-refractivity contribution in [3.05, 3.63) is 77.7 Å². The van der Waals surface area contributed by atoms with Crippen molar-refractivity contribution in [2.45, 2.75) is 12.4 Å². The zero-order valence-electron chi connectivity index (χ0n) is 15.7. The summed E-state index contributed by atoms with van der Waals surface area (Å²) in [6, 6.07) is 6.61. The second kappa shape index (κ2) is 8.25. The summed E-state index contributed by atoms with van der Waals surface area (Å²) in [4.78, 5) is 21.5. The average Bonchev–Trinajstić information content (AvgIpc) is 2.72. The van der Waals surface area contributed by atoms with Gasteiger partial charge < -0.3 is 9.64 Å². The number of carbonyl (C=O) groups is 1. The molecule has 31 heavy (non-hydrogen) atoms. The molecule has 0 atom stereocenters. The molecular formula is C20H13F6N3O2. The summed E-state index contributed by atoms with van der Waals surface area (Å²) in [5.74, 6) is -1.43. The van der Waals surface area contributed by atoms with Crippen LogP contribution in [-0.2, 0) is 12.4 Å². The van der Waals surface area contributed by atoms with E-state index in [0.29, 0.717) is 17.8 Å². The molecule has 0 N–H and O–H groups in total. The Bertz CT molecular complexity index is 1030. The standard InChI is InChI=1S/C20H13F6N3O2/c1-29(15-3-2-6-27-11-15)18(30)12-4-5-17(28-10-12)31-16-8-13(19(21,22)23)7-14(9-16)20(24,25)26/h2-11H,1H3. The normalized spacial score (nSPS) is 11.8. The lowest BCUT2D eigenvalue weighted by molar-refractivity contribution is -0.143. The average molecular weight is 441 g/mol. The number of hydrogen-bond donors (Lipinski definition) is 0. The summed E-state index contributed by atoms with van der Waals surface area (Å²) in [5.41, 5.74) is -2.39. The highest BCUT2D eigenvalue weighted by Crippen LogP contribution is 2.39. The number of pyridine rings is 2. The first-order valence-electron chi connectivity index (χ1n) is 8.56. The van der Waals surface area contributed by atoms with Crippen molar-refractivity contribution in [3.63, 3.8) is 0 Å². The van der Waals surface area contributed by atoms with Crippen LogP contribution in [0.25, 0.3) is 0 Å². The minimum Gasteiger partial charge on any atom is -0.439 e. The first-order chi connectivity index (χ1) is 14.4. The number of benzene rings is 1. The molecule has 1 aromatic carbocycles. The SMILES string of the molecule is CN(C(=O)c1ccc(Oc2cc(C(F)(F)F)cc(C(F)(F)F)c2)nc1)c1cccnc1. The van der Waals surface area contributed by atoms with Gasteiger partial charge >= 0.3 is 12.4 Å². The van der Waals surface area contributed by atoms with E-state index < -0.39 is 35.1 Å². The minimum atomic E-state index is -5.00. The number of ether oxygens (including phenoxy) is 1. The van der Waals surface area contributed by atoms with Gasteiger partial charge in [0.25, 0.3) is 5.91 Å². The smallest absolute Gasteiger partial charge is 0.416 e. The lowest BCUT2D eigenvalue weighted by atomic mass is 10.1. The van der Waals surface area contributed by atoms with Crippen LogP contribution in [0.4, 0.5) is 32.0 Å². The molecule has 5 nitrogen and oxygen atoms in total. The zero-order valence-corrected chi connectivity index (χ0v) is 15.7. The molecule has 0 spiro atoms. The van der Waals surface area contributed by atoms with Crippen molar-refractivity contribution in [2.75, 3.05) is 11.9 Å². The molecule has 2 aromatic heterocycles. The number of anilines is 1. The fourth-order valence-electron chi connectivity index (χ4n) is 2.54. The molecular weight excluding hydrogens is 428 g/mol. The lowest BCUT2D eigenvalue weighted by Gasteiger charge is -2.17. The van der Waals surface area contributed by atoms with Crippen molar-refractivity contribution < 1.29 is 35.9 Å². The summed E-state index contributed by atoms with van der Waals surface area (Å²) in [7, 11) is 1.51. The Morgan fingerprint density at radius 2 is 1.58 bits per heavy atom. The molecule has 0 radical (unpaired) electrons. The van der Waals surface area contributed by atoms with Gasteiger partial charge in [0, 0.05) is 25.5 Å². The predicted molar refractivity (Wildman–Crippen MR) is 97.7 cm³/mol.